The van der Waals surface area contributed by atoms with Crippen molar-refractivity contribution in [2.75, 3.05) is 0 Å². The molecule has 4 nitrogen and oxygen atoms in total. The molecular weight excluding hydrogens is 166 g/mol. The Balaban J connectivity index is 2.49. The molecule has 13 heavy (non-hydrogen) atoms. The van der Waals surface area contributed by atoms with Crippen molar-refractivity contribution in [3.63, 3.8) is 0 Å². The molecule has 0 N–H and O–H groups in total. The van der Waals surface area contributed by atoms with E-state index >= 15 is 0 Å². The maximum absolute atomic E-state index is 6.78. The lowest BCUT2D eigenvalue weighted by molar-refractivity contribution is 0.570. The molecule has 4 heteroatoms. The molecule has 0 aromatic carbocycles. The van der Waals surface area contributed by atoms with E-state index in [0.717, 1.165) is 0 Å². The summed E-state index contributed by atoms with van der Waals surface area (Å²) in [5, 5.41) is 0. The standard InChI is InChI=1S/C9H5N3O/c1-10-9-4-2-3-7(12-9)8-5-11-6-13-8/h2-6H. The third-order valence-electron chi connectivity index (χ3n) is 1.53. The summed E-state index contributed by atoms with van der Waals surface area (Å²) in [6.07, 6.45) is 2.90. The average Bonchev–Trinajstić information content (AvgIpc) is 2.71. The highest BCUT2D eigenvalue weighted by molar-refractivity contribution is 5.54. The van der Waals surface area contributed by atoms with Crippen molar-refractivity contribution in [3.8, 4) is 11.5 Å². The molecule has 0 atom stereocenters. The van der Waals surface area contributed by atoms with Crippen molar-refractivity contribution in [1.82, 2.24) is 9.97 Å². The van der Waals surface area contributed by atoms with Crippen LogP contribution in [0.3, 0.4) is 0 Å². The molecule has 0 aliphatic heterocycles. The highest BCUT2D eigenvalue weighted by Crippen LogP contribution is 2.18. The van der Waals surface area contributed by atoms with Gasteiger partial charge < -0.3 is 9.26 Å². The van der Waals surface area contributed by atoms with Crippen molar-refractivity contribution in [2.45, 2.75) is 0 Å². The van der Waals surface area contributed by atoms with Gasteiger partial charge in [0, 0.05) is 0 Å². The second-order valence-electron chi connectivity index (χ2n) is 2.36. The molecule has 0 saturated carbocycles. The van der Waals surface area contributed by atoms with Crippen LogP contribution in [0, 0.1) is 6.57 Å². The Bertz CT molecular complexity index is 442. The third-order valence-corrected chi connectivity index (χ3v) is 1.53. The summed E-state index contributed by atoms with van der Waals surface area (Å²) < 4.78 is 5.04. The summed E-state index contributed by atoms with van der Waals surface area (Å²) in [6.45, 7) is 6.78. The molecule has 0 radical (unpaired) electrons. The first-order valence-corrected chi connectivity index (χ1v) is 3.63. The smallest absolute Gasteiger partial charge is 0.270 e. The van der Waals surface area contributed by atoms with Gasteiger partial charge in [-0.2, -0.15) is 0 Å². The van der Waals surface area contributed by atoms with Crippen LogP contribution in [0.5, 0.6) is 0 Å². The lowest BCUT2D eigenvalue weighted by Crippen LogP contribution is -1.78. The van der Waals surface area contributed by atoms with E-state index in [9.17, 15) is 0 Å². The molecule has 2 aromatic heterocycles. The lowest BCUT2D eigenvalue weighted by atomic mass is 10.3. The Morgan fingerprint density at radius 2 is 2.31 bits per heavy atom. The van der Waals surface area contributed by atoms with E-state index in [1.54, 1.807) is 24.4 Å². The van der Waals surface area contributed by atoms with Crippen LogP contribution in [0.1, 0.15) is 0 Å². The molecule has 0 spiro atoms. The SMILES string of the molecule is [C-]#[N+]c1cccc(-c2cnco2)n1. The van der Waals surface area contributed by atoms with Gasteiger partial charge in [-0.15, -0.1) is 4.98 Å². The van der Waals surface area contributed by atoms with Crippen LogP contribution in [0.2, 0.25) is 0 Å². The fraction of sp³-hybridized carbons (Fsp3) is 0. The minimum atomic E-state index is 0.355. The zero-order valence-electron chi connectivity index (χ0n) is 6.64. The van der Waals surface area contributed by atoms with E-state index in [1.807, 2.05) is 0 Å². The number of aromatic nitrogens is 2. The maximum Gasteiger partial charge on any atom is 0.270 e. The number of pyridine rings is 1. The first-order valence-electron chi connectivity index (χ1n) is 3.63. The van der Waals surface area contributed by atoms with Crippen LogP contribution in [-0.2, 0) is 0 Å². The minimum absolute atomic E-state index is 0.355. The van der Waals surface area contributed by atoms with E-state index in [1.165, 1.54) is 6.39 Å². The highest BCUT2D eigenvalue weighted by atomic mass is 16.3. The molecule has 2 rings (SSSR count). The third kappa shape index (κ3) is 1.40. The molecule has 0 aliphatic rings. The van der Waals surface area contributed by atoms with E-state index in [4.69, 9.17) is 11.0 Å². The van der Waals surface area contributed by atoms with E-state index in [-0.39, 0.29) is 0 Å². The fourth-order valence-corrected chi connectivity index (χ4v) is 0.965. The fourth-order valence-electron chi connectivity index (χ4n) is 0.965. The topological polar surface area (TPSA) is 43.3 Å². The first-order chi connectivity index (χ1) is 6.40. The van der Waals surface area contributed by atoms with Gasteiger partial charge in [-0.05, 0) is 12.1 Å². The van der Waals surface area contributed by atoms with Crippen LogP contribution < -0.4 is 0 Å². The van der Waals surface area contributed by atoms with E-state index in [0.29, 0.717) is 17.3 Å². The van der Waals surface area contributed by atoms with Crippen LogP contribution in [0.25, 0.3) is 16.3 Å². The van der Waals surface area contributed by atoms with Gasteiger partial charge in [-0.3, -0.25) is 0 Å². The monoisotopic (exact) mass is 171 g/mol. The van der Waals surface area contributed by atoms with Crippen molar-refractivity contribution in [2.24, 2.45) is 0 Å². The van der Waals surface area contributed by atoms with Gasteiger partial charge in [0.2, 0.25) is 0 Å². The zero-order chi connectivity index (χ0) is 9.10. The summed E-state index contributed by atoms with van der Waals surface area (Å²) in [6, 6.07) is 5.18. The summed E-state index contributed by atoms with van der Waals surface area (Å²) in [5.74, 6) is 0.930. The second-order valence-corrected chi connectivity index (χ2v) is 2.36. The first kappa shape index (κ1) is 7.50. The van der Waals surface area contributed by atoms with Gasteiger partial charge in [0.05, 0.1) is 6.20 Å². The van der Waals surface area contributed by atoms with Crippen LogP contribution >= 0.6 is 0 Å². The number of hydrogen-bond acceptors (Lipinski definition) is 3. The largest absolute Gasteiger partial charge is 0.440 e. The molecule has 62 valence electrons. The van der Waals surface area contributed by atoms with Gasteiger partial charge in [0.1, 0.15) is 0 Å². The molecular formula is C9H5N3O. The Labute approximate surface area is 74.7 Å². The summed E-state index contributed by atoms with van der Waals surface area (Å²) in [5.41, 5.74) is 0.631. The molecule has 0 fully saturated rings. The predicted octanol–water partition coefficient (Wildman–Crippen LogP) is 2.29. The molecule has 0 unspecified atom stereocenters. The van der Waals surface area contributed by atoms with Crippen molar-refractivity contribution in [3.05, 3.63) is 42.2 Å². The van der Waals surface area contributed by atoms with Crippen molar-refractivity contribution >= 4 is 5.82 Å². The number of rotatable bonds is 1. The molecule has 0 amide bonds. The van der Waals surface area contributed by atoms with Crippen LogP contribution in [0.15, 0.2) is 35.2 Å². The summed E-state index contributed by atoms with van der Waals surface area (Å²) in [7, 11) is 0. The van der Waals surface area contributed by atoms with Crippen molar-refractivity contribution in [1.29, 1.82) is 0 Å². The predicted molar refractivity (Wildman–Crippen MR) is 46.0 cm³/mol. The van der Waals surface area contributed by atoms with Gasteiger partial charge >= 0.3 is 0 Å². The molecule has 2 heterocycles. The Morgan fingerprint density at radius 3 is 3.00 bits per heavy atom. The number of nitrogens with zero attached hydrogens (tertiary/aromatic N) is 3. The summed E-state index contributed by atoms with van der Waals surface area (Å²) >= 11 is 0. The molecule has 0 aliphatic carbocycles. The zero-order valence-corrected chi connectivity index (χ0v) is 6.64. The van der Waals surface area contributed by atoms with E-state index < -0.39 is 0 Å². The minimum Gasteiger partial charge on any atom is -0.440 e. The van der Waals surface area contributed by atoms with Gasteiger partial charge in [0.15, 0.2) is 17.8 Å². The quantitative estimate of drug-likeness (QED) is 0.618. The normalized spacial score (nSPS) is 9.46. The van der Waals surface area contributed by atoms with Gasteiger partial charge in [-0.25, -0.2) is 4.98 Å². The molecule has 2 aromatic rings. The van der Waals surface area contributed by atoms with E-state index in [2.05, 4.69) is 14.8 Å². The summed E-state index contributed by atoms with van der Waals surface area (Å²) in [4.78, 5) is 11.0. The van der Waals surface area contributed by atoms with Crippen LogP contribution in [0.4, 0.5) is 5.82 Å². The Kier molecular flexibility index (Phi) is 1.77. The second kappa shape index (κ2) is 3.07. The average molecular weight is 171 g/mol. The van der Waals surface area contributed by atoms with Crippen LogP contribution in [-0.4, -0.2) is 9.97 Å². The Morgan fingerprint density at radius 1 is 1.38 bits per heavy atom. The molecule has 0 saturated heterocycles. The van der Waals surface area contributed by atoms with Gasteiger partial charge in [0.25, 0.3) is 5.82 Å². The lowest BCUT2D eigenvalue weighted by Gasteiger charge is -1.90. The number of oxazole rings is 1. The maximum atomic E-state index is 6.78. The van der Waals surface area contributed by atoms with Gasteiger partial charge in [-0.1, -0.05) is 12.6 Å². The number of hydrogen-bond donors (Lipinski definition) is 0. The highest BCUT2D eigenvalue weighted by Gasteiger charge is 2.06. The van der Waals surface area contributed by atoms with Crippen molar-refractivity contribution < 1.29 is 4.42 Å². The Hall–Kier alpha value is -2.15. The molecule has 0 bridgehead atoms.